The number of phenolic OH excluding ortho intramolecular Hbond substituents is 1. The summed E-state index contributed by atoms with van der Waals surface area (Å²) < 4.78 is 19.6. The molecule has 32 heavy (non-hydrogen) atoms. The zero-order valence-electron chi connectivity index (χ0n) is 17.6. The van der Waals surface area contributed by atoms with Crippen LogP contribution in [0.15, 0.2) is 42.5 Å². The van der Waals surface area contributed by atoms with E-state index in [4.69, 9.17) is 15.0 Å². The van der Waals surface area contributed by atoms with Crippen LogP contribution in [0.25, 0.3) is 22.4 Å². The maximum atomic E-state index is 14.5. The monoisotopic (exact) mass is 428 g/mol. The molecule has 0 bridgehead atoms. The molecule has 6 nitrogen and oxygen atoms in total. The molecule has 0 unspecified atom stereocenters. The number of aromatic nitrogens is 1. The molecule has 7 heteroatoms. The van der Waals surface area contributed by atoms with Gasteiger partial charge in [0.05, 0.1) is 23.9 Å². The van der Waals surface area contributed by atoms with E-state index in [-0.39, 0.29) is 11.3 Å². The molecule has 1 aliphatic heterocycles. The number of nitriles is 2. The Labute approximate surface area is 185 Å². The normalized spacial score (nSPS) is 13.3. The minimum atomic E-state index is -0.640. The third-order valence-corrected chi connectivity index (χ3v) is 5.63. The zero-order chi connectivity index (χ0) is 22.7. The van der Waals surface area contributed by atoms with Gasteiger partial charge in [0.25, 0.3) is 0 Å². The van der Waals surface area contributed by atoms with Gasteiger partial charge in [-0.15, -0.1) is 0 Å². The van der Waals surface area contributed by atoms with Gasteiger partial charge >= 0.3 is 0 Å². The highest BCUT2D eigenvalue weighted by atomic mass is 19.1. The maximum Gasteiger partial charge on any atom is 0.160 e. The van der Waals surface area contributed by atoms with E-state index < -0.39 is 5.82 Å². The van der Waals surface area contributed by atoms with Crippen molar-refractivity contribution < 1.29 is 14.2 Å². The van der Waals surface area contributed by atoms with Crippen LogP contribution >= 0.6 is 0 Å². The summed E-state index contributed by atoms with van der Waals surface area (Å²) in [5.41, 5.74) is 2.49. The van der Waals surface area contributed by atoms with Crippen LogP contribution in [0, 0.1) is 28.5 Å². The topological polar surface area (TPSA) is 93.2 Å². The average molecular weight is 428 g/mol. The highest BCUT2D eigenvalue weighted by Gasteiger charge is 2.22. The Morgan fingerprint density at radius 2 is 1.69 bits per heavy atom. The molecular formula is C25H21FN4O2. The van der Waals surface area contributed by atoms with Crippen molar-refractivity contribution in [2.24, 2.45) is 0 Å². The number of halogens is 1. The van der Waals surface area contributed by atoms with Crippen molar-refractivity contribution in [1.82, 2.24) is 4.98 Å². The molecule has 3 aromatic rings. The van der Waals surface area contributed by atoms with Crippen molar-refractivity contribution in [1.29, 1.82) is 10.5 Å². The lowest BCUT2D eigenvalue weighted by molar-refractivity contribution is 0.373. The molecule has 4 rings (SSSR count). The molecule has 0 saturated carbocycles. The quantitative estimate of drug-likeness (QED) is 0.628. The number of pyridine rings is 1. The molecule has 1 aromatic heterocycles. The molecular weight excluding hydrogens is 407 g/mol. The first-order chi connectivity index (χ1) is 15.5. The molecule has 0 spiro atoms. The predicted molar refractivity (Wildman–Crippen MR) is 119 cm³/mol. The van der Waals surface area contributed by atoms with Crippen molar-refractivity contribution in [3.8, 4) is 46.0 Å². The third-order valence-electron chi connectivity index (χ3n) is 5.63. The van der Waals surface area contributed by atoms with Crippen LogP contribution in [-0.4, -0.2) is 30.3 Å². The first-order valence-electron chi connectivity index (χ1n) is 10.3. The van der Waals surface area contributed by atoms with Gasteiger partial charge < -0.3 is 14.7 Å². The summed E-state index contributed by atoms with van der Waals surface area (Å²) in [5, 5.41) is 29.2. The lowest BCUT2D eigenvalue weighted by Crippen LogP contribution is -2.31. The van der Waals surface area contributed by atoms with Crippen LogP contribution in [0.1, 0.15) is 30.4 Å². The average Bonchev–Trinajstić information content (AvgIpc) is 2.83. The largest absolute Gasteiger partial charge is 0.504 e. The predicted octanol–water partition coefficient (Wildman–Crippen LogP) is 5.00. The molecule has 0 aliphatic carbocycles. The third kappa shape index (κ3) is 3.93. The Morgan fingerprint density at radius 1 is 0.969 bits per heavy atom. The number of hydrogen-bond acceptors (Lipinski definition) is 6. The molecule has 0 atom stereocenters. The van der Waals surface area contributed by atoms with E-state index in [9.17, 15) is 14.8 Å². The van der Waals surface area contributed by atoms with Gasteiger partial charge in [0.2, 0.25) is 0 Å². The van der Waals surface area contributed by atoms with Crippen LogP contribution in [-0.2, 0) is 0 Å². The van der Waals surface area contributed by atoms with Crippen molar-refractivity contribution in [2.75, 3.05) is 25.1 Å². The molecule has 2 aromatic carbocycles. The van der Waals surface area contributed by atoms with Gasteiger partial charge in [0.1, 0.15) is 23.8 Å². The summed E-state index contributed by atoms with van der Waals surface area (Å²) >= 11 is 0. The summed E-state index contributed by atoms with van der Waals surface area (Å²) in [4.78, 5) is 6.91. The molecule has 1 fully saturated rings. The first kappa shape index (κ1) is 21.1. The Morgan fingerprint density at radius 3 is 2.31 bits per heavy atom. The van der Waals surface area contributed by atoms with E-state index in [1.807, 2.05) is 6.07 Å². The van der Waals surface area contributed by atoms with Crippen LogP contribution in [0.3, 0.4) is 0 Å². The molecule has 1 aliphatic rings. The summed E-state index contributed by atoms with van der Waals surface area (Å²) in [7, 11) is 1.46. The van der Waals surface area contributed by atoms with E-state index >= 15 is 0 Å². The number of ether oxygens (including phenoxy) is 1. The van der Waals surface area contributed by atoms with Gasteiger partial charge in [-0.1, -0.05) is 12.1 Å². The highest BCUT2D eigenvalue weighted by Crippen LogP contribution is 2.39. The fourth-order valence-electron chi connectivity index (χ4n) is 3.98. The summed E-state index contributed by atoms with van der Waals surface area (Å²) in [6.45, 7) is 1.59. The number of anilines is 1. The molecule has 0 radical (unpaired) electrons. The summed E-state index contributed by atoms with van der Waals surface area (Å²) in [5.74, 6) is 0.186. The smallest absolute Gasteiger partial charge is 0.160 e. The molecule has 0 amide bonds. The van der Waals surface area contributed by atoms with Gasteiger partial charge in [0, 0.05) is 24.2 Å². The minimum absolute atomic E-state index is 0.0534. The van der Waals surface area contributed by atoms with E-state index in [1.54, 1.807) is 24.3 Å². The van der Waals surface area contributed by atoms with E-state index in [1.165, 1.54) is 25.3 Å². The number of phenols is 1. The Bertz CT molecular complexity index is 1250. The summed E-state index contributed by atoms with van der Waals surface area (Å²) in [6, 6.07) is 15.0. The number of methoxy groups -OCH3 is 1. The second-order valence-electron chi connectivity index (χ2n) is 7.61. The zero-order valence-corrected chi connectivity index (χ0v) is 17.6. The second kappa shape index (κ2) is 8.95. The number of hydrogen-bond donors (Lipinski definition) is 1. The molecule has 2 heterocycles. The number of nitrogens with zero attached hydrogens (tertiary/aromatic N) is 4. The maximum absolute atomic E-state index is 14.5. The first-order valence-corrected chi connectivity index (χ1v) is 10.3. The molecule has 160 valence electrons. The summed E-state index contributed by atoms with van der Waals surface area (Å²) in [6.07, 6.45) is 3.16. The number of rotatable bonds is 4. The van der Waals surface area contributed by atoms with Crippen molar-refractivity contribution in [3.63, 3.8) is 0 Å². The van der Waals surface area contributed by atoms with Crippen LogP contribution in [0.5, 0.6) is 11.5 Å². The fraction of sp³-hybridized carbons (Fsp3) is 0.240. The molecule has 1 saturated heterocycles. The number of benzene rings is 2. The van der Waals surface area contributed by atoms with Crippen molar-refractivity contribution in [3.05, 3.63) is 59.4 Å². The Balaban J connectivity index is 1.95. The van der Waals surface area contributed by atoms with Gasteiger partial charge in [0.15, 0.2) is 11.5 Å². The lowest BCUT2D eigenvalue weighted by atomic mass is 9.96. The van der Waals surface area contributed by atoms with Crippen LogP contribution < -0.4 is 9.64 Å². The second-order valence-corrected chi connectivity index (χ2v) is 7.61. The molecule has 1 N–H and O–H groups in total. The van der Waals surface area contributed by atoms with Gasteiger partial charge in [-0.05, 0) is 55.2 Å². The Kier molecular flexibility index (Phi) is 5.91. The van der Waals surface area contributed by atoms with Crippen LogP contribution in [0.2, 0.25) is 0 Å². The number of aromatic hydroxyl groups is 1. The SMILES string of the molecule is COc1ccc(-c2cc(C#N)c(N3CCCCC3)nc2-c2ccc(C#N)c(F)c2)cc1O. The minimum Gasteiger partial charge on any atom is -0.504 e. The Hall–Kier alpha value is -4.10. The number of piperidine rings is 1. The van der Waals surface area contributed by atoms with Gasteiger partial charge in [-0.2, -0.15) is 10.5 Å². The van der Waals surface area contributed by atoms with Gasteiger partial charge in [-0.25, -0.2) is 9.37 Å². The van der Waals surface area contributed by atoms with Gasteiger partial charge in [-0.3, -0.25) is 0 Å². The van der Waals surface area contributed by atoms with E-state index in [2.05, 4.69) is 11.0 Å². The van der Waals surface area contributed by atoms with E-state index in [0.29, 0.717) is 39.5 Å². The lowest BCUT2D eigenvalue weighted by Gasteiger charge is -2.29. The van der Waals surface area contributed by atoms with Crippen molar-refractivity contribution >= 4 is 5.82 Å². The van der Waals surface area contributed by atoms with E-state index in [0.717, 1.165) is 32.4 Å². The fourth-order valence-corrected chi connectivity index (χ4v) is 3.98. The van der Waals surface area contributed by atoms with Crippen LogP contribution in [0.4, 0.5) is 10.2 Å². The standard InChI is InChI=1S/C25H21FN4O2/c1-32-23-8-7-16(13-22(23)31)20-11-19(15-28)25(30-9-3-2-4-10-30)29-24(20)17-5-6-18(14-27)21(26)12-17/h5-8,11-13,31H,2-4,9-10H2,1H3. The highest BCUT2D eigenvalue weighted by molar-refractivity contribution is 5.85. The van der Waals surface area contributed by atoms with Crippen molar-refractivity contribution in [2.45, 2.75) is 19.3 Å².